The van der Waals surface area contributed by atoms with Crippen LogP contribution in [0.1, 0.15) is 12.5 Å². The molecule has 0 bridgehead atoms. The molecule has 0 aliphatic heterocycles. The van der Waals surface area contributed by atoms with Crippen LogP contribution in [-0.2, 0) is 22.4 Å². The maximum absolute atomic E-state index is 11.5. The molecule has 1 aromatic rings. The van der Waals surface area contributed by atoms with Gasteiger partial charge in [0, 0.05) is 12.5 Å². The van der Waals surface area contributed by atoms with Crippen LogP contribution in [0.4, 0.5) is 0 Å². The Bertz CT molecular complexity index is 367. The number of hydrogen-bond donors (Lipinski definition) is 2. The Balaban J connectivity index is 2.38. The van der Waals surface area contributed by atoms with Crippen molar-refractivity contribution < 1.29 is 13.6 Å². The molecule has 88 valence electrons. The summed E-state index contributed by atoms with van der Waals surface area (Å²) in [4.78, 5) is 11.5. The van der Waals surface area contributed by atoms with E-state index in [-0.39, 0.29) is 11.7 Å². The van der Waals surface area contributed by atoms with Crippen LogP contribution in [0.25, 0.3) is 0 Å². The Kier molecular flexibility index (Phi) is 5.14. The summed E-state index contributed by atoms with van der Waals surface area (Å²) in [7, 11) is 0. The van der Waals surface area contributed by atoms with E-state index in [1.165, 1.54) is 0 Å². The minimum absolute atomic E-state index is 0.0272. The monoisotopic (exact) mass is 241 g/mol. The number of carbonyl (C=O) groups is 1. The van der Waals surface area contributed by atoms with Crippen LogP contribution in [0.5, 0.6) is 0 Å². The number of rotatable bonds is 5. The lowest BCUT2D eigenvalue weighted by atomic mass is 10.2. The van der Waals surface area contributed by atoms with E-state index >= 15 is 0 Å². The highest BCUT2D eigenvalue weighted by molar-refractivity contribution is 7.79. The quantitative estimate of drug-likeness (QED) is 0.760. The Labute approximate surface area is 97.3 Å². The first-order valence-electron chi connectivity index (χ1n) is 4.98. The summed E-state index contributed by atoms with van der Waals surface area (Å²) >= 11 is -1.93. The molecule has 0 saturated heterocycles. The van der Waals surface area contributed by atoms with E-state index in [4.69, 9.17) is 4.55 Å². The molecule has 2 atom stereocenters. The van der Waals surface area contributed by atoms with Gasteiger partial charge in [-0.15, -0.1) is 0 Å². The second-order valence-corrected chi connectivity index (χ2v) is 4.57. The summed E-state index contributed by atoms with van der Waals surface area (Å²) in [5.74, 6) is -0.679. The van der Waals surface area contributed by atoms with Gasteiger partial charge < -0.3 is 9.87 Å². The van der Waals surface area contributed by atoms with Gasteiger partial charge >= 0.3 is 0 Å². The smallest absolute Gasteiger partial charge is 0.224 e. The zero-order valence-corrected chi connectivity index (χ0v) is 9.87. The van der Waals surface area contributed by atoms with Crippen molar-refractivity contribution in [2.45, 2.75) is 13.5 Å². The van der Waals surface area contributed by atoms with Crippen molar-refractivity contribution >= 4 is 17.0 Å². The van der Waals surface area contributed by atoms with Crippen molar-refractivity contribution in [3.63, 3.8) is 0 Å². The Hall–Kier alpha value is -1.20. The van der Waals surface area contributed by atoms with E-state index in [1.807, 2.05) is 30.3 Å². The molecule has 0 aliphatic carbocycles. The predicted molar refractivity (Wildman–Crippen MR) is 63.1 cm³/mol. The van der Waals surface area contributed by atoms with E-state index < -0.39 is 17.0 Å². The molecule has 5 heteroatoms. The van der Waals surface area contributed by atoms with Crippen LogP contribution in [0, 0.1) is 5.92 Å². The highest BCUT2D eigenvalue weighted by Gasteiger charge is 2.14. The van der Waals surface area contributed by atoms with Gasteiger partial charge in [-0.1, -0.05) is 37.3 Å². The Morgan fingerprint density at radius 2 is 2.06 bits per heavy atom. The molecule has 0 radical (unpaired) electrons. The summed E-state index contributed by atoms with van der Waals surface area (Å²) in [6.45, 7) is 2.08. The maximum atomic E-state index is 11.5. The van der Waals surface area contributed by atoms with Crippen molar-refractivity contribution in [3.05, 3.63) is 35.9 Å². The first-order chi connectivity index (χ1) is 7.59. The van der Waals surface area contributed by atoms with E-state index in [2.05, 4.69) is 5.32 Å². The fraction of sp³-hybridized carbons (Fsp3) is 0.364. The predicted octanol–water partition coefficient (Wildman–Crippen LogP) is 1.16. The molecule has 4 nitrogen and oxygen atoms in total. The summed E-state index contributed by atoms with van der Waals surface area (Å²) in [6.07, 6.45) is 0. The third-order valence-electron chi connectivity index (χ3n) is 2.15. The average Bonchev–Trinajstić information content (AvgIpc) is 2.26. The molecule has 0 aromatic heterocycles. The van der Waals surface area contributed by atoms with Gasteiger partial charge in [-0.2, -0.15) is 0 Å². The highest BCUT2D eigenvalue weighted by atomic mass is 32.2. The largest absolute Gasteiger partial charge is 0.352 e. The molecule has 1 rings (SSSR count). The molecule has 0 fully saturated rings. The molecule has 1 aromatic carbocycles. The molecule has 1 amide bonds. The van der Waals surface area contributed by atoms with Gasteiger partial charge in [-0.3, -0.25) is 4.79 Å². The van der Waals surface area contributed by atoms with Crippen molar-refractivity contribution in [2.24, 2.45) is 5.92 Å². The van der Waals surface area contributed by atoms with Gasteiger partial charge in [0.25, 0.3) is 0 Å². The Morgan fingerprint density at radius 3 is 2.62 bits per heavy atom. The summed E-state index contributed by atoms with van der Waals surface area (Å²) in [6, 6.07) is 9.52. The lowest BCUT2D eigenvalue weighted by Gasteiger charge is -2.10. The number of nitrogens with one attached hydrogen (secondary N) is 1. The van der Waals surface area contributed by atoms with Gasteiger partial charge in [0.05, 0.1) is 5.75 Å². The zero-order valence-electron chi connectivity index (χ0n) is 9.05. The van der Waals surface area contributed by atoms with Gasteiger partial charge in [0.15, 0.2) is 11.1 Å². The first kappa shape index (κ1) is 12.9. The van der Waals surface area contributed by atoms with Crippen molar-refractivity contribution in [1.29, 1.82) is 0 Å². The highest BCUT2D eigenvalue weighted by Crippen LogP contribution is 2.00. The van der Waals surface area contributed by atoms with Crippen molar-refractivity contribution in [3.8, 4) is 0 Å². The normalized spacial score (nSPS) is 14.1. The number of hydrogen-bond acceptors (Lipinski definition) is 2. The topological polar surface area (TPSA) is 66.4 Å². The fourth-order valence-electron chi connectivity index (χ4n) is 1.25. The minimum Gasteiger partial charge on any atom is -0.352 e. The number of carbonyl (C=O) groups excluding carboxylic acids is 1. The van der Waals surface area contributed by atoms with E-state index in [0.29, 0.717) is 6.54 Å². The third kappa shape index (κ3) is 4.55. The molecule has 16 heavy (non-hydrogen) atoms. The standard InChI is InChI=1S/C11H15NO3S/c1-9(8-16(14)15)11(13)12-7-10-5-3-2-4-6-10/h2-6,9H,7-8H2,1H3,(H,12,13)(H,14,15). The van der Waals surface area contributed by atoms with E-state index in [9.17, 15) is 9.00 Å². The number of amides is 1. The van der Waals surface area contributed by atoms with Crippen LogP contribution >= 0.6 is 0 Å². The van der Waals surface area contributed by atoms with E-state index in [0.717, 1.165) is 5.56 Å². The molecule has 2 N–H and O–H groups in total. The summed E-state index contributed by atoms with van der Waals surface area (Å²) in [5, 5.41) is 2.72. The second-order valence-electron chi connectivity index (χ2n) is 3.59. The van der Waals surface area contributed by atoms with Gasteiger partial charge in [-0.25, -0.2) is 4.21 Å². The van der Waals surface area contributed by atoms with Gasteiger partial charge in [0.1, 0.15) is 0 Å². The second kappa shape index (κ2) is 6.40. The average molecular weight is 241 g/mol. The maximum Gasteiger partial charge on any atom is 0.224 e. The molecule has 0 spiro atoms. The molecule has 0 aliphatic rings. The Morgan fingerprint density at radius 1 is 1.44 bits per heavy atom. The van der Waals surface area contributed by atoms with Crippen LogP contribution in [0.2, 0.25) is 0 Å². The minimum atomic E-state index is -1.93. The molecular weight excluding hydrogens is 226 g/mol. The van der Waals surface area contributed by atoms with Crippen LogP contribution < -0.4 is 5.32 Å². The summed E-state index contributed by atoms with van der Waals surface area (Å²) < 4.78 is 19.2. The van der Waals surface area contributed by atoms with Crippen molar-refractivity contribution in [2.75, 3.05) is 5.75 Å². The number of benzene rings is 1. The van der Waals surface area contributed by atoms with Crippen molar-refractivity contribution in [1.82, 2.24) is 5.32 Å². The molecule has 2 unspecified atom stereocenters. The van der Waals surface area contributed by atoms with Gasteiger partial charge in [0.2, 0.25) is 5.91 Å². The fourth-order valence-corrected chi connectivity index (χ4v) is 1.83. The van der Waals surface area contributed by atoms with E-state index in [1.54, 1.807) is 6.92 Å². The molecule has 0 saturated carbocycles. The zero-order chi connectivity index (χ0) is 12.0. The first-order valence-corrected chi connectivity index (χ1v) is 6.26. The lowest BCUT2D eigenvalue weighted by Crippen LogP contribution is -2.31. The molecular formula is C11H15NO3S. The van der Waals surface area contributed by atoms with Crippen LogP contribution in [0.3, 0.4) is 0 Å². The lowest BCUT2D eigenvalue weighted by molar-refractivity contribution is -0.124. The van der Waals surface area contributed by atoms with Crippen LogP contribution in [0.15, 0.2) is 30.3 Å². The summed E-state index contributed by atoms with van der Waals surface area (Å²) in [5.41, 5.74) is 1.01. The molecule has 0 heterocycles. The van der Waals surface area contributed by atoms with Gasteiger partial charge in [-0.05, 0) is 5.56 Å². The van der Waals surface area contributed by atoms with Crippen LogP contribution in [-0.4, -0.2) is 20.4 Å². The SMILES string of the molecule is CC(CS(=O)O)C(=O)NCc1ccccc1. The third-order valence-corrected chi connectivity index (χ3v) is 2.93.